The van der Waals surface area contributed by atoms with E-state index >= 15 is 0 Å². The molecule has 1 amide bonds. The van der Waals surface area contributed by atoms with Gasteiger partial charge in [-0.3, -0.25) is 9.59 Å². The van der Waals surface area contributed by atoms with Crippen LogP contribution in [0.4, 0.5) is 0 Å². The number of esters is 1. The number of aliphatic hydroxyl groups excluding tert-OH is 4. The number of amides is 1. The normalized spacial score (nSPS) is 41.1. The first kappa shape index (κ1) is 44.5. The molecule has 1 saturated carbocycles. The first-order valence-corrected chi connectivity index (χ1v) is 20.0. The van der Waals surface area contributed by atoms with Crippen LogP contribution in [0.3, 0.4) is 0 Å². The Bertz CT molecular complexity index is 1350. The molecule has 0 radical (unpaired) electrons. The van der Waals surface area contributed by atoms with Crippen LogP contribution in [-0.4, -0.2) is 130 Å². The fourth-order valence-corrected chi connectivity index (χ4v) is 9.04. The van der Waals surface area contributed by atoms with Crippen LogP contribution in [0.1, 0.15) is 106 Å². The molecule has 13 nitrogen and oxygen atoms in total. The Kier molecular flexibility index (Phi) is 15.9. The number of Topliss-reactive ketones (excluding diaryl/α,β-unsaturated/α-hetero) is 1. The number of nitrogens with zero attached hydrogens (tertiary/aromatic N) is 1. The van der Waals surface area contributed by atoms with E-state index in [-0.39, 0.29) is 43.6 Å². The van der Waals surface area contributed by atoms with Crippen molar-refractivity contribution in [1.29, 1.82) is 0 Å². The average Bonchev–Trinajstić information content (AvgIpc) is 3.14. The van der Waals surface area contributed by atoms with Gasteiger partial charge in [0.15, 0.2) is 0 Å². The van der Waals surface area contributed by atoms with Crippen molar-refractivity contribution in [1.82, 2.24) is 4.90 Å². The molecule has 2 saturated heterocycles. The number of hydrogen-bond acceptors (Lipinski definition) is 12. The van der Waals surface area contributed by atoms with Crippen LogP contribution in [0.2, 0.25) is 0 Å². The van der Waals surface area contributed by atoms with Crippen molar-refractivity contribution in [3.05, 3.63) is 23.3 Å². The lowest BCUT2D eigenvalue weighted by Gasteiger charge is -2.47. The predicted molar refractivity (Wildman–Crippen MR) is 200 cm³/mol. The number of methoxy groups -OCH3 is 2. The maximum Gasteiger partial charge on any atom is 0.329 e. The predicted octanol–water partition coefficient (Wildman–Crippen LogP) is 3.22. The second-order valence-corrected chi connectivity index (χ2v) is 16.9. The molecule has 5 N–H and O–H groups in total. The molecule has 1 aliphatic carbocycles. The van der Waals surface area contributed by atoms with Gasteiger partial charge in [0, 0.05) is 44.9 Å². The Labute approximate surface area is 321 Å². The van der Waals surface area contributed by atoms with Crippen LogP contribution in [0.15, 0.2) is 23.3 Å². The molecule has 54 heavy (non-hydrogen) atoms. The fourth-order valence-electron chi connectivity index (χ4n) is 9.04. The molecule has 4 rings (SSSR count). The van der Waals surface area contributed by atoms with Crippen LogP contribution in [0.5, 0.6) is 0 Å². The number of piperidine rings is 1. The van der Waals surface area contributed by atoms with Gasteiger partial charge in [-0.15, -0.1) is 0 Å². The first-order chi connectivity index (χ1) is 25.4. The minimum Gasteiger partial charge on any atom is -0.460 e. The molecule has 308 valence electrons. The van der Waals surface area contributed by atoms with E-state index in [2.05, 4.69) is 6.92 Å². The number of ether oxygens (including phenoxy) is 4. The fraction of sp³-hybridized carbons (Fsp3) is 0.829. The lowest BCUT2D eigenvalue weighted by Crippen LogP contribution is -2.64. The van der Waals surface area contributed by atoms with Crippen molar-refractivity contribution < 1.29 is 58.9 Å². The second-order valence-electron chi connectivity index (χ2n) is 16.9. The summed E-state index contributed by atoms with van der Waals surface area (Å²) < 4.78 is 24.0. The maximum atomic E-state index is 14.1. The summed E-state index contributed by atoms with van der Waals surface area (Å²) >= 11 is 0. The lowest BCUT2D eigenvalue weighted by atomic mass is 9.82. The highest BCUT2D eigenvalue weighted by atomic mass is 16.7. The zero-order valence-electron chi connectivity index (χ0n) is 33.6. The van der Waals surface area contributed by atoms with Crippen molar-refractivity contribution in [2.45, 2.75) is 166 Å². The van der Waals surface area contributed by atoms with Crippen molar-refractivity contribution in [2.24, 2.45) is 29.6 Å². The Morgan fingerprint density at radius 1 is 0.944 bits per heavy atom. The molecule has 3 fully saturated rings. The number of allylic oxidation sites excluding steroid dienone is 2. The second kappa shape index (κ2) is 19.3. The molecule has 13 heteroatoms. The van der Waals surface area contributed by atoms with E-state index in [4.69, 9.17) is 18.9 Å². The summed E-state index contributed by atoms with van der Waals surface area (Å²) in [7, 11) is 3.07. The number of ketones is 1. The quantitative estimate of drug-likeness (QED) is 0.151. The minimum absolute atomic E-state index is 0.00260. The standard InChI is InChI=1S/C41H67NO12/c1-22-15-23(2)17-34(51-7)37-35(52-8)19-26(5)41(50,54-37)38(47)39(48)42-14-10-9-11-29(42)40(49)53-33(21-31(44)24(3)16-22)27(6)36(46)25(4)18-28-12-13-30(43)32(45)20-28/h16,18,23-24,26-37,43-46,50H,9-15,17,19-21H2,1-8H3. The van der Waals surface area contributed by atoms with Gasteiger partial charge in [-0.05, 0) is 89.0 Å². The molecule has 0 aromatic rings. The highest BCUT2D eigenvalue weighted by Gasteiger charge is 2.56. The number of hydrogen-bond donors (Lipinski definition) is 5. The summed E-state index contributed by atoms with van der Waals surface area (Å²) in [6.07, 6.45) is 1.50. The number of aliphatic hydroxyl groups is 5. The van der Waals surface area contributed by atoms with Crippen LogP contribution >= 0.6 is 0 Å². The maximum absolute atomic E-state index is 14.1. The lowest BCUT2D eigenvalue weighted by molar-refractivity contribution is -0.302. The van der Waals surface area contributed by atoms with E-state index < -0.39 is 90.2 Å². The van der Waals surface area contributed by atoms with Gasteiger partial charge in [0.1, 0.15) is 18.2 Å². The summed E-state index contributed by atoms with van der Waals surface area (Å²) in [6.45, 7) is 11.2. The largest absolute Gasteiger partial charge is 0.460 e. The molecule has 3 aliphatic heterocycles. The van der Waals surface area contributed by atoms with Crippen molar-refractivity contribution in [3.8, 4) is 0 Å². The molecule has 3 heterocycles. The monoisotopic (exact) mass is 765 g/mol. The number of cyclic esters (lactones) is 1. The molecule has 4 aliphatic rings. The van der Waals surface area contributed by atoms with E-state index in [1.54, 1.807) is 20.8 Å². The number of rotatable bonds is 6. The third-order valence-electron chi connectivity index (χ3n) is 12.5. The van der Waals surface area contributed by atoms with Gasteiger partial charge in [0.05, 0.1) is 36.6 Å². The third-order valence-corrected chi connectivity index (χ3v) is 12.5. The van der Waals surface area contributed by atoms with Gasteiger partial charge in [-0.25, -0.2) is 4.79 Å². The van der Waals surface area contributed by atoms with E-state index in [1.165, 1.54) is 19.1 Å². The van der Waals surface area contributed by atoms with E-state index in [0.717, 1.165) is 5.57 Å². The highest BCUT2D eigenvalue weighted by molar-refractivity contribution is 6.39. The molecule has 15 unspecified atom stereocenters. The zero-order valence-corrected chi connectivity index (χ0v) is 33.6. The van der Waals surface area contributed by atoms with Crippen molar-refractivity contribution in [3.63, 3.8) is 0 Å². The molecule has 0 spiro atoms. The summed E-state index contributed by atoms with van der Waals surface area (Å²) in [4.78, 5) is 43.5. The van der Waals surface area contributed by atoms with E-state index in [1.807, 2.05) is 26.0 Å². The summed E-state index contributed by atoms with van der Waals surface area (Å²) in [5, 5.41) is 55.3. The molecular weight excluding hydrogens is 698 g/mol. The summed E-state index contributed by atoms with van der Waals surface area (Å²) in [6, 6.07) is -1.13. The van der Waals surface area contributed by atoms with Crippen molar-refractivity contribution in [2.75, 3.05) is 20.8 Å². The van der Waals surface area contributed by atoms with Gasteiger partial charge in [-0.1, -0.05) is 45.4 Å². The molecular formula is C41H67NO12. The van der Waals surface area contributed by atoms with Crippen LogP contribution in [0.25, 0.3) is 0 Å². The first-order valence-electron chi connectivity index (χ1n) is 20.0. The topological polar surface area (TPSA) is 193 Å². The third kappa shape index (κ3) is 10.4. The average molecular weight is 766 g/mol. The summed E-state index contributed by atoms with van der Waals surface area (Å²) in [5.74, 6) is -7.29. The van der Waals surface area contributed by atoms with Gasteiger partial charge in [0.25, 0.3) is 11.7 Å². The molecule has 0 aromatic heterocycles. The number of fused-ring (bicyclic) bond motifs is 3. The van der Waals surface area contributed by atoms with Gasteiger partial charge >= 0.3 is 5.97 Å². The van der Waals surface area contributed by atoms with E-state index in [0.29, 0.717) is 50.5 Å². The van der Waals surface area contributed by atoms with Gasteiger partial charge in [0.2, 0.25) is 5.79 Å². The zero-order chi connectivity index (χ0) is 40.1. The van der Waals surface area contributed by atoms with Gasteiger partial charge in [-0.2, -0.15) is 0 Å². The van der Waals surface area contributed by atoms with Crippen molar-refractivity contribution >= 4 is 17.7 Å². The number of carbonyl (C=O) groups is 3. The SMILES string of the molecule is COC1CC(C)CC(C)=CC(C)C(O)CC(C(C)C(O)C(C)=CC2CCC(O)C(O)C2)OC(=O)C2CCCCN2C(=O)C(=O)C2(O)OC1C(OC)CC2C. The van der Waals surface area contributed by atoms with Gasteiger partial charge < -0.3 is 49.4 Å². The van der Waals surface area contributed by atoms with E-state index in [9.17, 15) is 39.9 Å². The van der Waals surface area contributed by atoms with Crippen LogP contribution in [0, 0.1) is 29.6 Å². The smallest absolute Gasteiger partial charge is 0.329 e. The summed E-state index contributed by atoms with van der Waals surface area (Å²) in [5.41, 5.74) is 1.65. The Hall–Kier alpha value is -2.23. The Morgan fingerprint density at radius 3 is 2.26 bits per heavy atom. The minimum atomic E-state index is -2.49. The van der Waals surface area contributed by atoms with Crippen LogP contribution in [-0.2, 0) is 33.3 Å². The highest BCUT2D eigenvalue weighted by Crippen LogP contribution is 2.39. The Morgan fingerprint density at radius 2 is 1.61 bits per heavy atom. The van der Waals surface area contributed by atoms with Crippen LogP contribution < -0.4 is 0 Å². The molecule has 15 atom stereocenters. The molecule has 0 aromatic carbocycles. The Balaban J connectivity index is 1.70. The number of carbonyl (C=O) groups excluding carboxylic acids is 3. The molecule has 2 bridgehead atoms.